The number of aromatic nitrogens is 3. The van der Waals surface area contributed by atoms with Crippen molar-refractivity contribution in [1.29, 1.82) is 0 Å². The van der Waals surface area contributed by atoms with Gasteiger partial charge >= 0.3 is 0 Å². The van der Waals surface area contributed by atoms with Crippen LogP contribution in [0, 0.1) is 0 Å². The molecule has 0 amide bonds. The molecule has 94 valence electrons. The Kier molecular flexibility index (Phi) is 3.08. The van der Waals surface area contributed by atoms with Gasteiger partial charge in [0.1, 0.15) is 5.82 Å². The van der Waals surface area contributed by atoms with E-state index in [-0.39, 0.29) is 0 Å². The number of nitrogens with one attached hydrogen (secondary N) is 1. The number of H-pyrrole nitrogens is 1. The van der Waals surface area contributed by atoms with Crippen LogP contribution in [0.15, 0.2) is 55.0 Å². The predicted molar refractivity (Wildman–Crippen MR) is 75.1 cm³/mol. The van der Waals surface area contributed by atoms with Gasteiger partial charge in [-0.2, -0.15) is 0 Å². The second kappa shape index (κ2) is 5.04. The molecule has 0 radical (unpaired) electrons. The standard InChI is InChI=1S/C15H14N4/c16-9-11-2-1-3-13(8-11)15-18-10-14(19-15)12-4-6-17-7-5-12/h1-8,10H,9,16H2,(H,18,19). The third-order valence-corrected chi connectivity index (χ3v) is 3.00. The molecular formula is C15H14N4. The number of pyridine rings is 1. The van der Waals surface area contributed by atoms with Gasteiger partial charge in [-0.05, 0) is 23.8 Å². The Bertz CT molecular complexity index is 673. The van der Waals surface area contributed by atoms with E-state index in [0.717, 1.165) is 28.2 Å². The van der Waals surface area contributed by atoms with Gasteiger partial charge in [0.2, 0.25) is 0 Å². The number of aromatic amines is 1. The SMILES string of the molecule is NCc1cccc(-c2ncc(-c3ccncc3)[nH]2)c1. The summed E-state index contributed by atoms with van der Waals surface area (Å²) in [6, 6.07) is 12.0. The molecule has 0 aliphatic rings. The topological polar surface area (TPSA) is 67.6 Å². The summed E-state index contributed by atoms with van der Waals surface area (Å²) in [5, 5.41) is 0. The van der Waals surface area contributed by atoms with E-state index in [2.05, 4.69) is 21.0 Å². The van der Waals surface area contributed by atoms with Crippen LogP contribution in [0.5, 0.6) is 0 Å². The van der Waals surface area contributed by atoms with Crippen molar-refractivity contribution in [3.8, 4) is 22.6 Å². The first-order valence-electron chi connectivity index (χ1n) is 6.11. The minimum atomic E-state index is 0.533. The Labute approximate surface area is 111 Å². The second-order valence-corrected chi connectivity index (χ2v) is 4.29. The Morgan fingerprint density at radius 2 is 1.89 bits per heavy atom. The molecule has 4 heteroatoms. The zero-order valence-electron chi connectivity index (χ0n) is 10.4. The molecule has 19 heavy (non-hydrogen) atoms. The molecule has 0 fully saturated rings. The number of hydrogen-bond donors (Lipinski definition) is 2. The van der Waals surface area contributed by atoms with Gasteiger partial charge in [0, 0.05) is 30.1 Å². The van der Waals surface area contributed by atoms with Crippen molar-refractivity contribution in [2.24, 2.45) is 5.73 Å². The maximum absolute atomic E-state index is 5.66. The van der Waals surface area contributed by atoms with Crippen molar-refractivity contribution in [2.75, 3.05) is 0 Å². The van der Waals surface area contributed by atoms with Crippen LogP contribution in [0.1, 0.15) is 5.56 Å². The number of nitrogens with zero attached hydrogens (tertiary/aromatic N) is 2. The second-order valence-electron chi connectivity index (χ2n) is 4.29. The van der Waals surface area contributed by atoms with Crippen molar-refractivity contribution in [3.63, 3.8) is 0 Å². The molecule has 0 bridgehead atoms. The van der Waals surface area contributed by atoms with E-state index in [1.807, 2.05) is 36.5 Å². The zero-order valence-corrected chi connectivity index (χ0v) is 10.4. The first kappa shape index (κ1) is 11.6. The third kappa shape index (κ3) is 2.39. The van der Waals surface area contributed by atoms with Gasteiger partial charge < -0.3 is 10.7 Å². The number of imidazole rings is 1. The summed E-state index contributed by atoms with van der Waals surface area (Å²) in [5.41, 5.74) is 9.85. The Morgan fingerprint density at radius 3 is 2.68 bits per heavy atom. The largest absolute Gasteiger partial charge is 0.338 e. The summed E-state index contributed by atoms with van der Waals surface area (Å²) in [6.07, 6.45) is 5.37. The lowest BCUT2D eigenvalue weighted by Crippen LogP contribution is -1.96. The molecule has 3 N–H and O–H groups in total. The quantitative estimate of drug-likeness (QED) is 0.750. The summed E-state index contributed by atoms with van der Waals surface area (Å²) in [5.74, 6) is 0.849. The highest BCUT2D eigenvalue weighted by Gasteiger charge is 2.05. The van der Waals surface area contributed by atoms with Crippen LogP contribution < -0.4 is 5.73 Å². The van der Waals surface area contributed by atoms with E-state index in [9.17, 15) is 0 Å². The smallest absolute Gasteiger partial charge is 0.137 e. The molecule has 3 rings (SSSR count). The maximum Gasteiger partial charge on any atom is 0.137 e. The van der Waals surface area contributed by atoms with Crippen LogP contribution in [0.3, 0.4) is 0 Å². The Hall–Kier alpha value is -2.46. The first-order chi connectivity index (χ1) is 9.36. The van der Waals surface area contributed by atoms with Crippen molar-refractivity contribution in [1.82, 2.24) is 15.0 Å². The van der Waals surface area contributed by atoms with Crippen molar-refractivity contribution in [2.45, 2.75) is 6.54 Å². The molecule has 0 spiro atoms. The highest BCUT2D eigenvalue weighted by Crippen LogP contribution is 2.22. The molecule has 2 aromatic heterocycles. The van der Waals surface area contributed by atoms with Gasteiger partial charge in [0.25, 0.3) is 0 Å². The van der Waals surface area contributed by atoms with Gasteiger partial charge in [0.05, 0.1) is 11.9 Å². The van der Waals surface area contributed by atoms with Crippen molar-refractivity contribution >= 4 is 0 Å². The van der Waals surface area contributed by atoms with Gasteiger partial charge in [0.15, 0.2) is 0 Å². The van der Waals surface area contributed by atoms with Gasteiger partial charge in [-0.15, -0.1) is 0 Å². The molecule has 4 nitrogen and oxygen atoms in total. The average Bonchev–Trinajstić information content (AvgIpc) is 2.98. The van der Waals surface area contributed by atoms with Crippen LogP contribution >= 0.6 is 0 Å². The molecule has 0 aliphatic heterocycles. The predicted octanol–water partition coefficient (Wildman–Crippen LogP) is 2.60. The van der Waals surface area contributed by atoms with Crippen molar-refractivity contribution in [3.05, 3.63) is 60.6 Å². The van der Waals surface area contributed by atoms with E-state index in [1.165, 1.54) is 0 Å². The minimum absolute atomic E-state index is 0.533. The lowest BCUT2D eigenvalue weighted by atomic mass is 10.1. The maximum atomic E-state index is 5.66. The zero-order chi connectivity index (χ0) is 13.1. The van der Waals surface area contributed by atoms with E-state index in [4.69, 9.17) is 5.73 Å². The highest BCUT2D eigenvalue weighted by molar-refractivity contribution is 5.64. The molecule has 0 aliphatic carbocycles. The number of benzene rings is 1. The van der Waals surface area contributed by atoms with Crippen LogP contribution in [0.4, 0.5) is 0 Å². The fraction of sp³-hybridized carbons (Fsp3) is 0.0667. The number of rotatable bonds is 3. The number of nitrogens with two attached hydrogens (primary N) is 1. The Balaban J connectivity index is 1.97. The van der Waals surface area contributed by atoms with Gasteiger partial charge in [-0.25, -0.2) is 4.98 Å². The number of hydrogen-bond acceptors (Lipinski definition) is 3. The molecule has 0 saturated heterocycles. The fourth-order valence-electron chi connectivity index (χ4n) is 1.99. The monoisotopic (exact) mass is 250 g/mol. The Morgan fingerprint density at radius 1 is 1.05 bits per heavy atom. The van der Waals surface area contributed by atoms with Gasteiger partial charge in [-0.1, -0.05) is 18.2 Å². The molecule has 0 saturated carbocycles. The first-order valence-corrected chi connectivity index (χ1v) is 6.11. The van der Waals surface area contributed by atoms with Gasteiger partial charge in [-0.3, -0.25) is 4.98 Å². The van der Waals surface area contributed by atoms with Crippen LogP contribution in [0.2, 0.25) is 0 Å². The van der Waals surface area contributed by atoms with Crippen LogP contribution in [-0.4, -0.2) is 15.0 Å². The van der Waals surface area contributed by atoms with E-state index < -0.39 is 0 Å². The van der Waals surface area contributed by atoms with Crippen LogP contribution in [0.25, 0.3) is 22.6 Å². The summed E-state index contributed by atoms with van der Waals surface area (Å²) in [6.45, 7) is 0.533. The molecule has 1 aromatic carbocycles. The fourth-order valence-corrected chi connectivity index (χ4v) is 1.99. The van der Waals surface area contributed by atoms with E-state index in [0.29, 0.717) is 6.54 Å². The summed E-state index contributed by atoms with van der Waals surface area (Å²) < 4.78 is 0. The average molecular weight is 250 g/mol. The van der Waals surface area contributed by atoms with E-state index >= 15 is 0 Å². The lowest BCUT2D eigenvalue weighted by Gasteiger charge is -2.00. The summed E-state index contributed by atoms with van der Waals surface area (Å²) >= 11 is 0. The summed E-state index contributed by atoms with van der Waals surface area (Å²) in [4.78, 5) is 11.7. The molecule has 3 aromatic rings. The van der Waals surface area contributed by atoms with E-state index in [1.54, 1.807) is 12.4 Å². The van der Waals surface area contributed by atoms with Crippen LogP contribution in [-0.2, 0) is 6.54 Å². The molecule has 0 unspecified atom stereocenters. The third-order valence-electron chi connectivity index (χ3n) is 3.00. The minimum Gasteiger partial charge on any atom is -0.338 e. The molecule has 2 heterocycles. The highest BCUT2D eigenvalue weighted by atomic mass is 14.9. The normalized spacial score (nSPS) is 10.6. The molecular weight excluding hydrogens is 236 g/mol. The molecule has 0 atom stereocenters. The lowest BCUT2D eigenvalue weighted by molar-refractivity contribution is 1.07. The summed E-state index contributed by atoms with van der Waals surface area (Å²) in [7, 11) is 0. The van der Waals surface area contributed by atoms with Crippen molar-refractivity contribution < 1.29 is 0 Å².